The number of benzene rings is 2. The minimum Gasteiger partial charge on any atom is -0.271 e. The van der Waals surface area contributed by atoms with Crippen LogP contribution < -0.4 is 11.3 Å². The molecule has 4 heteroatoms. The smallest absolute Gasteiger partial charge is 0.124 e. The summed E-state index contributed by atoms with van der Waals surface area (Å²) in [5.74, 6) is 7.54. The van der Waals surface area contributed by atoms with Crippen LogP contribution >= 0.6 is 11.8 Å². The molecule has 0 bridgehead atoms. The van der Waals surface area contributed by atoms with E-state index in [0.29, 0.717) is 11.8 Å². The highest BCUT2D eigenvalue weighted by atomic mass is 32.2. The van der Waals surface area contributed by atoms with Gasteiger partial charge in [-0.2, -0.15) is 0 Å². The SMILES string of the molecule is NNC(CSc1cccc(F)c1)C1CC1c1ccccc1. The van der Waals surface area contributed by atoms with E-state index in [4.69, 9.17) is 5.84 Å². The first-order chi connectivity index (χ1) is 10.3. The molecular formula is C17H19FN2S. The van der Waals surface area contributed by atoms with Crippen molar-refractivity contribution in [2.24, 2.45) is 11.8 Å². The molecule has 0 radical (unpaired) electrons. The van der Waals surface area contributed by atoms with Gasteiger partial charge in [0.2, 0.25) is 0 Å². The lowest BCUT2D eigenvalue weighted by atomic mass is 10.1. The highest BCUT2D eigenvalue weighted by Crippen LogP contribution is 2.50. The number of hydrazine groups is 1. The molecule has 1 aliphatic rings. The van der Waals surface area contributed by atoms with Gasteiger partial charge in [0.25, 0.3) is 0 Å². The minimum atomic E-state index is -0.189. The van der Waals surface area contributed by atoms with E-state index in [1.54, 1.807) is 23.9 Å². The van der Waals surface area contributed by atoms with Crippen LogP contribution in [0.2, 0.25) is 0 Å². The van der Waals surface area contributed by atoms with Crippen LogP contribution in [0.4, 0.5) is 4.39 Å². The van der Waals surface area contributed by atoms with E-state index in [1.807, 2.05) is 12.1 Å². The van der Waals surface area contributed by atoms with E-state index in [9.17, 15) is 4.39 Å². The summed E-state index contributed by atoms with van der Waals surface area (Å²) in [4.78, 5) is 0.951. The molecule has 0 saturated heterocycles. The maximum absolute atomic E-state index is 13.2. The molecule has 2 nitrogen and oxygen atoms in total. The lowest BCUT2D eigenvalue weighted by molar-refractivity contribution is 0.511. The molecule has 110 valence electrons. The van der Waals surface area contributed by atoms with Crippen LogP contribution in [0.25, 0.3) is 0 Å². The molecule has 3 N–H and O–H groups in total. The summed E-state index contributed by atoms with van der Waals surface area (Å²) < 4.78 is 13.2. The Hall–Kier alpha value is -1.36. The molecule has 2 aromatic carbocycles. The molecule has 3 unspecified atom stereocenters. The normalized spacial score (nSPS) is 22.0. The average molecular weight is 302 g/mol. The molecule has 1 saturated carbocycles. The Morgan fingerprint density at radius 1 is 1.19 bits per heavy atom. The van der Waals surface area contributed by atoms with Crippen LogP contribution in [0.1, 0.15) is 17.9 Å². The highest BCUT2D eigenvalue weighted by molar-refractivity contribution is 7.99. The monoisotopic (exact) mass is 302 g/mol. The largest absolute Gasteiger partial charge is 0.271 e. The van der Waals surface area contributed by atoms with Crippen molar-refractivity contribution in [2.45, 2.75) is 23.3 Å². The minimum absolute atomic E-state index is 0.189. The van der Waals surface area contributed by atoms with E-state index in [0.717, 1.165) is 10.6 Å². The van der Waals surface area contributed by atoms with Gasteiger partial charge >= 0.3 is 0 Å². The van der Waals surface area contributed by atoms with E-state index in [2.05, 4.69) is 29.7 Å². The standard InChI is InChI=1S/C17H19FN2S/c18-13-7-4-8-14(9-13)21-11-17(20-19)16-10-15(16)12-5-2-1-3-6-12/h1-9,15-17,20H,10-11,19H2. The topological polar surface area (TPSA) is 38.0 Å². The van der Waals surface area contributed by atoms with Crippen molar-refractivity contribution in [2.75, 3.05) is 5.75 Å². The lowest BCUT2D eigenvalue weighted by Gasteiger charge is -2.15. The Balaban J connectivity index is 1.57. The fourth-order valence-electron chi connectivity index (χ4n) is 2.78. The summed E-state index contributed by atoms with van der Waals surface area (Å²) in [6.07, 6.45) is 1.17. The van der Waals surface area contributed by atoms with E-state index >= 15 is 0 Å². The molecule has 0 amide bonds. The summed E-state index contributed by atoms with van der Waals surface area (Å²) in [6.45, 7) is 0. The van der Waals surface area contributed by atoms with E-state index in [1.165, 1.54) is 18.1 Å². The molecule has 2 aromatic rings. The quantitative estimate of drug-likeness (QED) is 0.487. The number of halogens is 1. The van der Waals surface area contributed by atoms with Crippen molar-refractivity contribution < 1.29 is 4.39 Å². The molecule has 3 rings (SSSR count). The van der Waals surface area contributed by atoms with Crippen molar-refractivity contribution in [3.05, 3.63) is 66.0 Å². The van der Waals surface area contributed by atoms with Crippen LogP contribution in [0.3, 0.4) is 0 Å². The summed E-state index contributed by atoms with van der Waals surface area (Å²) in [5.41, 5.74) is 4.32. The van der Waals surface area contributed by atoms with Crippen LogP contribution in [-0.2, 0) is 0 Å². The number of hydrogen-bond donors (Lipinski definition) is 2. The second-order valence-corrected chi connectivity index (χ2v) is 6.55. The van der Waals surface area contributed by atoms with Gasteiger partial charge in [0.1, 0.15) is 5.82 Å². The van der Waals surface area contributed by atoms with Gasteiger partial charge in [-0.05, 0) is 42.0 Å². The first-order valence-corrected chi connectivity index (χ1v) is 8.16. The fraction of sp³-hybridized carbons (Fsp3) is 0.294. The van der Waals surface area contributed by atoms with Gasteiger partial charge in [-0.15, -0.1) is 11.8 Å². The van der Waals surface area contributed by atoms with Gasteiger partial charge in [-0.3, -0.25) is 11.3 Å². The van der Waals surface area contributed by atoms with E-state index < -0.39 is 0 Å². The number of thioether (sulfide) groups is 1. The Morgan fingerprint density at radius 3 is 2.71 bits per heavy atom. The number of hydrogen-bond acceptors (Lipinski definition) is 3. The predicted molar refractivity (Wildman–Crippen MR) is 85.5 cm³/mol. The zero-order valence-electron chi connectivity index (χ0n) is 11.7. The number of nitrogens with one attached hydrogen (secondary N) is 1. The Bertz CT molecular complexity index is 590. The van der Waals surface area contributed by atoms with Crippen molar-refractivity contribution in [1.82, 2.24) is 5.43 Å². The molecule has 0 aliphatic heterocycles. The van der Waals surface area contributed by atoms with Gasteiger partial charge in [-0.25, -0.2) is 4.39 Å². The van der Waals surface area contributed by atoms with Crippen LogP contribution in [-0.4, -0.2) is 11.8 Å². The molecule has 0 aromatic heterocycles. The first-order valence-electron chi connectivity index (χ1n) is 7.17. The molecule has 0 heterocycles. The summed E-state index contributed by atoms with van der Waals surface area (Å²) in [7, 11) is 0. The van der Waals surface area contributed by atoms with Gasteiger partial charge < -0.3 is 0 Å². The molecule has 1 aliphatic carbocycles. The third-order valence-electron chi connectivity index (χ3n) is 4.02. The zero-order chi connectivity index (χ0) is 14.7. The molecule has 3 atom stereocenters. The van der Waals surface area contributed by atoms with Crippen LogP contribution in [0, 0.1) is 11.7 Å². The lowest BCUT2D eigenvalue weighted by Crippen LogP contribution is -2.39. The van der Waals surface area contributed by atoms with Crippen LogP contribution in [0.5, 0.6) is 0 Å². The number of rotatable bonds is 6. The zero-order valence-corrected chi connectivity index (χ0v) is 12.5. The van der Waals surface area contributed by atoms with E-state index in [-0.39, 0.29) is 11.9 Å². The Labute approximate surface area is 128 Å². The maximum atomic E-state index is 13.2. The van der Waals surface area contributed by atoms with Gasteiger partial charge in [-0.1, -0.05) is 36.4 Å². The number of nitrogens with two attached hydrogens (primary N) is 1. The Kier molecular flexibility index (Phi) is 4.58. The van der Waals surface area contributed by atoms with Crippen molar-refractivity contribution in [1.29, 1.82) is 0 Å². The summed E-state index contributed by atoms with van der Waals surface area (Å²) in [5, 5.41) is 0. The van der Waals surface area contributed by atoms with Gasteiger partial charge in [0, 0.05) is 16.7 Å². The highest BCUT2D eigenvalue weighted by Gasteiger charge is 2.43. The first kappa shape index (κ1) is 14.6. The molecule has 0 spiro atoms. The fourth-order valence-corrected chi connectivity index (χ4v) is 3.87. The maximum Gasteiger partial charge on any atom is 0.124 e. The third-order valence-corrected chi connectivity index (χ3v) is 5.14. The summed E-state index contributed by atoms with van der Waals surface area (Å²) >= 11 is 1.65. The van der Waals surface area contributed by atoms with Crippen molar-refractivity contribution in [3.63, 3.8) is 0 Å². The van der Waals surface area contributed by atoms with Crippen molar-refractivity contribution >= 4 is 11.8 Å². The molecule has 21 heavy (non-hydrogen) atoms. The molecular weight excluding hydrogens is 283 g/mol. The predicted octanol–water partition coefficient (Wildman–Crippen LogP) is 3.55. The Morgan fingerprint density at radius 2 is 2.00 bits per heavy atom. The van der Waals surface area contributed by atoms with Gasteiger partial charge in [0.15, 0.2) is 0 Å². The van der Waals surface area contributed by atoms with Gasteiger partial charge in [0.05, 0.1) is 0 Å². The summed E-state index contributed by atoms with van der Waals surface area (Å²) in [6, 6.07) is 17.5. The van der Waals surface area contributed by atoms with Crippen LogP contribution in [0.15, 0.2) is 59.5 Å². The average Bonchev–Trinajstić information content (AvgIpc) is 3.29. The third kappa shape index (κ3) is 3.64. The second-order valence-electron chi connectivity index (χ2n) is 5.46. The second kappa shape index (κ2) is 6.60. The van der Waals surface area contributed by atoms with Crippen molar-refractivity contribution in [3.8, 4) is 0 Å². The molecule has 1 fully saturated rings.